The second-order valence-electron chi connectivity index (χ2n) is 4.85. The summed E-state index contributed by atoms with van der Waals surface area (Å²) in [5.41, 5.74) is 1.12. The maximum Gasteiger partial charge on any atom is 0.334 e. The first-order valence-electron chi connectivity index (χ1n) is 6.81. The molecule has 7 nitrogen and oxygen atoms in total. The van der Waals surface area contributed by atoms with Gasteiger partial charge in [-0.3, -0.25) is 0 Å². The number of para-hydroxylation sites is 1. The molecule has 1 aliphatic rings. The lowest BCUT2D eigenvalue weighted by atomic mass is 10.2. The van der Waals surface area contributed by atoms with E-state index in [1.807, 2.05) is 30.3 Å². The Kier molecular flexibility index (Phi) is 4.99. The molecular formula is C14H19N3O4. The molecule has 114 valence electrons. The Morgan fingerprint density at radius 3 is 2.33 bits per heavy atom. The number of carbonyl (C=O) groups excluding carboxylic acids is 1. The van der Waals surface area contributed by atoms with E-state index in [-0.39, 0.29) is 12.6 Å². The molecule has 1 atom stereocenters. The van der Waals surface area contributed by atoms with Gasteiger partial charge >= 0.3 is 12.0 Å². The standard InChI is InChI=1S/C14H19N3O4/c18-12(13(19)20)10-15-14(21)17-8-6-16(7-9-17)11-4-2-1-3-5-11/h1-5,12,18H,6-10H2,(H,15,21)(H,19,20)/t12-/m0/s1. The van der Waals surface area contributed by atoms with Crippen molar-refractivity contribution < 1.29 is 19.8 Å². The summed E-state index contributed by atoms with van der Waals surface area (Å²) >= 11 is 0. The highest BCUT2D eigenvalue weighted by molar-refractivity contribution is 5.77. The van der Waals surface area contributed by atoms with Crippen LogP contribution in [0.1, 0.15) is 0 Å². The van der Waals surface area contributed by atoms with Crippen LogP contribution < -0.4 is 10.2 Å². The van der Waals surface area contributed by atoms with E-state index in [1.54, 1.807) is 4.90 Å². The predicted octanol–water partition coefficient (Wildman–Crippen LogP) is -0.0363. The number of rotatable bonds is 4. The average molecular weight is 293 g/mol. The van der Waals surface area contributed by atoms with Crippen LogP contribution in [0, 0.1) is 0 Å². The monoisotopic (exact) mass is 293 g/mol. The van der Waals surface area contributed by atoms with E-state index in [1.165, 1.54) is 0 Å². The molecule has 0 saturated carbocycles. The first-order chi connectivity index (χ1) is 10.1. The Hall–Kier alpha value is -2.28. The van der Waals surface area contributed by atoms with E-state index in [4.69, 9.17) is 10.2 Å². The van der Waals surface area contributed by atoms with Crippen molar-refractivity contribution in [2.24, 2.45) is 0 Å². The summed E-state index contributed by atoms with van der Waals surface area (Å²) < 4.78 is 0. The van der Waals surface area contributed by atoms with Crippen LogP contribution in [0.2, 0.25) is 0 Å². The summed E-state index contributed by atoms with van der Waals surface area (Å²) in [6.07, 6.45) is -1.57. The minimum atomic E-state index is -1.57. The van der Waals surface area contributed by atoms with Crippen molar-refractivity contribution in [2.45, 2.75) is 6.10 Å². The third kappa shape index (κ3) is 4.09. The number of aliphatic carboxylic acids is 1. The normalized spacial score (nSPS) is 16.4. The van der Waals surface area contributed by atoms with Gasteiger partial charge in [-0.1, -0.05) is 18.2 Å². The number of nitrogens with one attached hydrogen (secondary N) is 1. The molecular weight excluding hydrogens is 274 g/mol. The zero-order valence-corrected chi connectivity index (χ0v) is 11.6. The first-order valence-corrected chi connectivity index (χ1v) is 6.81. The van der Waals surface area contributed by atoms with Crippen molar-refractivity contribution in [2.75, 3.05) is 37.6 Å². The molecule has 2 amide bonds. The summed E-state index contributed by atoms with van der Waals surface area (Å²) in [5.74, 6) is -1.34. The Labute approximate surface area is 122 Å². The lowest BCUT2D eigenvalue weighted by molar-refractivity contribution is -0.146. The summed E-state index contributed by atoms with van der Waals surface area (Å²) in [6.45, 7) is 2.28. The highest BCUT2D eigenvalue weighted by atomic mass is 16.4. The fourth-order valence-corrected chi connectivity index (χ4v) is 2.19. The minimum Gasteiger partial charge on any atom is -0.479 e. The number of carbonyl (C=O) groups is 2. The third-order valence-corrected chi connectivity index (χ3v) is 3.42. The molecule has 1 aromatic carbocycles. The summed E-state index contributed by atoms with van der Waals surface area (Å²) in [4.78, 5) is 26.1. The van der Waals surface area contributed by atoms with Crippen LogP contribution in [0.3, 0.4) is 0 Å². The molecule has 21 heavy (non-hydrogen) atoms. The van der Waals surface area contributed by atoms with Crippen LogP contribution in [0.4, 0.5) is 10.5 Å². The fraction of sp³-hybridized carbons (Fsp3) is 0.429. The number of nitrogens with zero attached hydrogens (tertiary/aromatic N) is 2. The SMILES string of the molecule is O=C(O)[C@@H](O)CNC(=O)N1CCN(c2ccccc2)CC1. The van der Waals surface area contributed by atoms with Gasteiger partial charge in [-0.2, -0.15) is 0 Å². The maximum absolute atomic E-state index is 11.9. The van der Waals surface area contributed by atoms with Crippen molar-refractivity contribution in [1.29, 1.82) is 0 Å². The van der Waals surface area contributed by atoms with Gasteiger partial charge in [-0.15, -0.1) is 0 Å². The van der Waals surface area contributed by atoms with Gasteiger partial charge in [0.05, 0.1) is 6.54 Å². The molecule has 1 aliphatic heterocycles. The zero-order valence-electron chi connectivity index (χ0n) is 11.6. The Bertz CT molecular complexity index is 486. The second kappa shape index (κ2) is 6.94. The van der Waals surface area contributed by atoms with E-state index in [0.717, 1.165) is 18.8 Å². The van der Waals surface area contributed by atoms with Gasteiger partial charge in [0.1, 0.15) is 0 Å². The average Bonchev–Trinajstić information content (AvgIpc) is 2.53. The molecule has 3 N–H and O–H groups in total. The van der Waals surface area contributed by atoms with Gasteiger partial charge in [-0.05, 0) is 12.1 Å². The molecule has 1 saturated heterocycles. The number of hydrogen-bond acceptors (Lipinski definition) is 4. The van der Waals surface area contributed by atoms with E-state index in [9.17, 15) is 9.59 Å². The molecule has 0 unspecified atom stereocenters. The van der Waals surface area contributed by atoms with Crippen molar-refractivity contribution in [3.8, 4) is 0 Å². The summed E-state index contributed by atoms with van der Waals surface area (Å²) in [5, 5.41) is 20.1. The number of urea groups is 1. The zero-order chi connectivity index (χ0) is 15.2. The smallest absolute Gasteiger partial charge is 0.334 e. The van der Waals surface area contributed by atoms with Crippen LogP contribution in [-0.2, 0) is 4.79 Å². The molecule has 0 radical (unpaired) electrons. The van der Waals surface area contributed by atoms with Crippen LogP contribution in [0.15, 0.2) is 30.3 Å². The molecule has 0 bridgehead atoms. The molecule has 1 aromatic rings. The van der Waals surface area contributed by atoms with Crippen LogP contribution in [-0.4, -0.2) is 65.9 Å². The Balaban J connectivity index is 1.78. The van der Waals surface area contributed by atoms with E-state index in [0.29, 0.717) is 13.1 Å². The number of carboxylic acids is 1. The molecule has 2 rings (SSSR count). The van der Waals surface area contributed by atoms with E-state index >= 15 is 0 Å². The highest BCUT2D eigenvalue weighted by Crippen LogP contribution is 2.15. The number of amides is 2. The van der Waals surface area contributed by atoms with Crippen LogP contribution >= 0.6 is 0 Å². The number of aliphatic hydroxyl groups excluding tert-OH is 1. The van der Waals surface area contributed by atoms with Crippen molar-refractivity contribution in [3.05, 3.63) is 30.3 Å². The topological polar surface area (TPSA) is 93.1 Å². The number of anilines is 1. The van der Waals surface area contributed by atoms with Gasteiger partial charge in [0.2, 0.25) is 0 Å². The molecule has 7 heteroatoms. The number of carboxylic acid groups (broad SMARTS) is 1. The summed E-state index contributed by atoms with van der Waals surface area (Å²) in [7, 11) is 0. The van der Waals surface area contributed by atoms with Crippen LogP contribution in [0.5, 0.6) is 0 Å². The van der Waals surface area contributed by atoms with Gasteiger partial charge in [0.15, 0.2) is 6.10 Å². The lowest BCUT2D eigenvalue weighted by Crippen LogP contribution is -2.53. The Morgan fingerprint density at radius 2 is 1.76 bits per heavy atom. The molecule has 0 spiro atoms. The highest BCUT2D eigenvalue weighted by Gasteiger charge is 2.22. The molecule has 0 aromatic heterocycles. The number of benzene rings is 1. The summed E-state index contributed by atoms with van der Waals surface area (Å²) in [6, 6.07) is 9.62. The van der Waals surface area contributed by atoms with Crippen molar-refractivity contribution in [1.82, 2.24) is 10.2 Å². The Morgan fingerprint density at radius 1 is 1.14 bits per heavy atom. The maximum atomic E-state index is 11.9. The van der Waals surface area contributed by atoms with E-state index < -0.39 is 12.1 Å². The van der Waals surface area contributed by atoms with Crippen LogP contribution in [0.25, 0.3) is 0 Å². The van der Waals surface area contributed by atoms with Crippen molar-refractivity contribution >= 4 is 17.7 Å². The number of piperazine rings is 1. The third-order valence-electron chi connectivity index (χ3n) is 3.42. The molecule has 1 fully saturated rings. The fourth-order valence-electron chi connectivity index (χ4n) is 2.19. The van der Waals surface area contributed by atoms with E-state index in [2.05, 4.69) is 10.2 Å². The second-order valence-corrected chi connectivity index (χ2v) is 4.85. The number of hydrogen-bond donors (Lipinski definition) is 3. The quantitative estimate of drug-likeness (QED) is 0.724. The largest absolute Gasteiger partial charge is 0.479 e. The lowest BCUT2D eigenvalue weighted by Gasteiger charge is -2.36. The molecule has 0 aliphatic carbocycles. The number of aliphatic hydroxyl groups is 1. The predicted molar refractivity (Wildman–Crippen MR) is 77.3 cm³/mol. The molecule has 1 heterocycles. The first kappa shape index (κ1) is 15.1. The van der Waals surface area contributed by atoms with Crippen molar-refractivity contribution in [3.63, 3.8) is 0 Å². The van der Waals surface area contributed by atoms with Gasteiger partial charge in [0, 0.05) is 31.9 Å². The van der Waals surface area contributed by atoms with Gasteiger partial charge in [0.25, 0.3) is 0 Å². The minimum absolute atomic E-state index is 0.285. The van der Waals surface area contributed by atoms with Gasteiger partial charge < -0.3 is 25.3 Å². The van der Waals surface area contributed by atoms with Gasteiger partial charge in [-0.25, -0.2) is 9.59 Å².